The van der Waals surface area contributed by atoms with Crippen molar-refractivity contribution in [1.29, 1.82) is 0 Å². The summed E-state index contributed by atoms with van der Waals surface area (Å²) in [6.45, 7) is -1.14. The molecule has 5 nitrogen and oxygen atoms in total. The molecule has 0 spiro atoms. The van der Waals surface area contributed by atoms with Gasteiger partial charge in [0.15, 0.2) is 0 Å². The lowest BCUT2D eigenvalue weighted by Gasteiger charge is -2.14. The summed E-state index contributed by atoms with van der Waals surface area (Å²) in [6, 6.07) is 19.0. The Morgan fingerprint density at radius 1 is 1.03 bits per heavy atom. The van der Waals surface area contributed by atoms with Gasteiger partial charge in [-0.1, -0.05) is 30.3 Å². The fraction of sp³-hybridized carbons (Fsp3) is 0.125. The predicted molar refractivity (Wildman–Crippen MR) is 116 cm³/mol. The molecular weight excluding hydrogens is 402 g/mol. The molecule has 0 saturated carbocycles. The van der Waals surface area contributed by atoms with Crippen molar-refractivity contribution >= 4 is 22.5 Å². The number of H-pyrrole nitrogens is 1. The minimum Gasteiger partial charge on any atom is -0.497 e. The van der Waals surface area contributed by atoms with Crippen LogP contribution < -0.4 is 14.8 Å². The molecule has 158 valence electrons. The summed E-state index contributed by atoms with van der Waals surface area (Å²) in [4.78, 5) is 16.2. The highest BCUT2D eigenvalue weighted by Gasteiger charge is 2.18. The average Bonchev–Trinajstić information content (AvgIpc) is 3.10. The van der Waals surface area contributed by atoms with Crippen molar-refractivity contribution in [3.63, 3.8) is 0 Å². The summed E-state index contributed by atoms with van der Waals surface area (Å²) in [5.41, 5.74) is 3.68. The van der Waals surface area contributed by atoms with Crippen LogP contribution in [0.4, 0.5) is 14.5 Å². The van der Waals surface area contributed by atoms with Crippen LogP contribution in [-0.2, 0) is 0 Å². The number of amides is 1. The number of methoxy groups -OCH3 is 1. The Morgan fingerprint density at radius 3 is 2.48 bits per heavy atom. The number of hydrogen-bond donors (Lipinski definition) is 2. The van der Waals surface area contributed by atoms with Crippen molar-refractivity contribution in [1.82, 2.24) is 4.98 Å². The molecule has 0 saturated heterocycles. The Balaban J connectivity index is 1.69. The summed E-state index contributed by atoms with van der Waals surface area (Å²) in [5.74, 6) is 0.360. The topological polar surface area (TPSA) is 63.3 Å². The zero-order valence-corrected chi connectivity index (χ0v) is 16.9. The number of anilines is 1. The highest BCUT2D eigenvalue weighted by Crippen LogP contribution is 2.35. The Bertz CT molecular complexity index is 1230. The number of halogens is 2. The van der Waals surface area contributed by atoms with Gasteiger partial charge in [0, 0.05) is 27.8 Å². The molecule has 0 fully saturated rings. The molecule has 4 rings (SSSR count). The van der Waals surface area contributed by atoms with Crippen LogP contribution in [0.1, 0.15) is 16.1 Å². The van der Waals surface area contributed by atoms with Crippen LogP contribution in [0.2, 0.25) is 0 Å². The Labute approximate surface area is 177 Å². The molecule has 1 amide bonds. The van der Waals surface area contributed by atoms with Crippen LogP contribution in [0.3, 0.4) is 0 Å². The molecule has 2 N–H and O–H groups in total. The van der Waals surface area contributed by atoms with Gasteiger partial charge in [0.25, 0.3) is 5.91 Å². The maximum atomic E-state index is 13.0. The summed E-state index contributed by atoms with van der Waals surface area (Å²) >= 11 is 0. The van der Waals surface area contributed by atoms with Crippen molar-refractivity contribution in [2.75, 3.05) is 12.4 Å². The highest BCUT2D eigenvalue weighted by atomic mass is 19.3. The Hall–Kier alpha value is -3.87. The lowest BCUT2D eigenvalue weighted by Crippen LogP contribution is -2.13. The number of alkyl halides is 2. The first kappa shape index (κ1) is 20.4. The summed E-state index contributed by atoms with van der Waals surface area (Å²) in [5, 5.41) is 3.67. The Morgan fingerprint density at radius 2 is 1.77 bits per heavy atom. The van der Waals surface area contributed by atoms with E-state index < -0.39 is 6.61 Å². The molecule has 0 aliphatic heterocycles. The van der Waals surface area contributed by atoms with E-state index in [9.17, 15) is 13.6 Å². The van der Waals surface area contributed by atoms with E-state index in [4.69, 9.17) is 4.74 Å². The van der Waals surface area contributed by atoms with E-state index in [0.29, 0.717) is 28.1 Å². The van der Waals surface area contributed by atoms with Crippen molar-refractivity contribution in [3.8, 4) is 22.6 Å². The van der Waals surface area contributed by atoms with Crippen LogP contribution in [0.15, 0.2) is 66.7 Å². The standard InChI is InChI=1S/C24H20F2N2O3/c1-14-22(18-5-3-4-6-20(18)27-14)23(29)28-16-9-12-21(31-24(25)26)19(13-16)15-7-10-17(30-2)11-8-15/h3-13,24,27H,1-2H3,(H,28,29). The van der Waals surface area contributed by atoms with Crippen LogP contribution >= 0.6 is 0 Å². The van der Waals surface area contributed by atoms with E-state index in [1.165, 1.54) is 12.1 Å². The molecule has 4 aromatic rings. The number of benzene rings is 3. The summed E-state index contributed by atoms with van der Waals surface area (Å²) < 4.78 is 35.7. The van der Waals surface area contributed by atoms with Gasteiger partial charge in [-0.05, 0) is 48.9 Å². The smallest absolute Gasteiger partial charge is 0.387 e. The third kappa shape index (κ3) is 4.21. The molecule has 0 atom stereocenters. The Kier molecular flexibility index (Phi) is 5.58. The third-order valence-electron chi connectivity index (χ3n) is 4.98. The zero-order valence-electron chi connectivity index (χ0n) is 16.9. The largest absolute Gasteiger partial charge is 0.497 e. The number of aryl methyl sites for hydroxylation is 1. The fourth-order valence-corrected chi connectivity index (χ4v) is 3.57. The van der Waals surface area contributed by atoms with E-state index in [1.54, 1.807) is 37.4 Å². The third-order valence-corrected chi connectivity index (χ3v) is 4.98. The van der Waals surface area contributed by atoms with Gasteiger partial charge in [0.05, 0.1) is 12.7 Å². The van der Waals surface area contributed by atoms with E-state index in [2.05, 4.69) is 15.0 Å². The van der Waals surface area contributed by atoms with Crippen LogP contribution in [0.5, 0.6) is 11.5 Å². The fourth-order valence-electron chi connectivity index (χ4n) is 3.57. The van der Waals surface area contributed by atoms with Crippen LogP contribution in [-0.4, -0.2) is 24.6 Å². The van der Waals surface area contributed by atoms with Crippen LogP contribution in [0, 0.1) is 6.92 Å². The second-order valence-corrected chi connectivity index (χ2v) is 6.94. The normalized spacial score (nSPS) is 11.0. The average molecular weight is 422 g/mol. The molecule has 1 aromatic heterocycles. The number of aromatic nitrogens is 1. The first-order valence-electron chi connectivity index (χ1n) is 9.58. The van der Waals surface area contributed by atoms with Gasteiger partial charge in [-0.15, -0.1) is 0 Å². The zero-order chi connectivity index (χ0) is 22.0. The lowest BCUT2D eigenvalue weighted by atomic mass is 10.0. The van der Waals surface area contributed by atoms with E-state index in [1.807, 2.05) is 31.2 Å². The first-order valence-corrected chi connectivity index (χ1v) is 9.58. The summed E-state index contributed by atoms with van der Waals surface area (Å²) in [6.07, 6.45) is 0. The molecule has 31 heavy (non-hydrogen) atoms. The molecule has 0 aliphatic carbocycles. The SMILES string of the molecule is COc1ccc(-c2cc(NC(=O)c3c(C)[nH]c4ccccc34)ccc2OC(F)F)cc1. The second-order valence-electron chi connectivity index (χ2n) is 6.94. The molecule has 0 bridgehead atoms. The van der Waals surface area contributed by atoms with Gasteiger partial charge < -0.3 is 19.8 Å². The lowest BCUT2D eigenvalue weighted by molar-refractivity contribution is -0.0494. The van der Waals surface area contributed by atoms with Gasteiger partial charge in [0.2, 0.25) is 0 Å². The number of carbonyl (C=O) groups is 1. The van der Waals surface area contributed by atoms with E-state index in [0.717, 1.165) is 16.6 Å². The highest BCUT2D eigenvalue weighted by molar-refractivity contribution is 6.14. The number of rotatable bonds is 6. The number of ether oxygens (including phenoxy) is 2. The quantitative estimate of drug-likeness (QED) is 0.400. The van der Waals surface area contributed by atoms with Gasteiger partial charge in [-0.3, -0.25) is 4.79 Å². The number of aromatic amines is 1. The summed E-state index contributed by atoms with van der Waals surface area (Å²) in [7, 11) is 1.54. The minimum atomic E-state index is -2.97. The number of carbonyl (C=O) groups excluding carboxylic acids is 1. The maximum Gasteiger partial charge on any atom is 0.387 e. The second kappa shape index (κ2) is 8.47. The van der Waals surface area contributed by atoms with Gasteiger partial charge in [-0.25, -0.2) is 0 Å². The van der Waals surface area contributed by atoms with Crippen molar-refractivity contribution in [2.24, 2.45) is 0 Å². The molecule has 1 heterocycles. The molecule has 0 unspecified atom stereocenters. The minimum absolute atomic E-state index is 0.0152. The number of hydrogen-bond acceptors (Lipinski definition) is 3. The number of fused-ring (bicyclic) bond motifs is 1. The molecule has 3 aromatic carbocycles. The van der Waals surface area contributed by atoms with Crippen LogP contribution in [0.25, 0.3) is 22.0 Å². The number of nitrogens with one attached hydrogen (secondary N) is 2. The molecular formula is C24H20F2N2O3. The number of para-hydroxylation sites is 1. The van der Waals surface area contributed by atoms with Gasteiger partial charge in [0.1, 0.15) is 11.5 Å². The predicted octanol–water partition coefficient (Wildman–Crippen LogP) is 6.01. The van der Waals surface area contributed by atoms with Crippen molar-refractivity contribution < 1.29 is 23.0 Å². The van der Waals surface area contributed by atoms with E-state index >= 15 is 0 Å². The van der Waals surface area contributed by atoms with Gasteiger partial charge in [-0.2, -0.15) is 8.78 Å². The van der Waals surface area contributed by atoms with Gasteiger partial charge >= 0.3 is 6.61 Å². The maximum absolute atomic E-state index is 13.0. The molecule has 0 aliphatic rings. The van der Waals surface area contributed by atoms with E-state index in [-0.39, 0.29) is 11.7 Å². The monoisotopic (exact) mass is 422 g/mol. The van der Waals surface area contributed by atoms with Crippen molar-refractivity contribution in [2.45, 2.75) is 13.5 Å². The van der Waals surface area contributed by atoms with Crippen molar-refractivity contribution in [3.05, 3.63) is 78.0 Å². The molecule has 0 radical (unpaired) electrons. The molecule has 7 heteroatoms. The first-order chi connectivity index (χ1) is 15.0.